The molecule has 6 rings (SSSR count). The number of nitrogens with one attached hydrogen (secondary N) is 4. The Morgan fingerprint density at radius 2 is 0.930 bits per heavy atom. The van der Waals surface area contributed by atoms with Gasteiger partial charge in [0.2, 0.25) is 0 Å². The van der Waals surface area contributed by atoms with E-state index in [1.807, 2.05) is 0 Å². The zero-order chi connectivity index (χ0) is 30.9. The fourth-order valence-electron chi connectivity index (χ4n) is 6.13. The normalized spacial score (nSPS) is 17.6. The number of hydrogen-bond acceptors (Lipinski definition) is 2. The van der Waals surface area contributed by atoms with Gasteiger partial charge in [0.15, 0.2) is 0 Å². The molecule has 1 aromatic carbocycles. The van der Waals surface area contributed by atoms with Crippen LogP contribution >= 0.6 is 0 Å². The predicted molar refractivity (Wildman–Crippen MR) is 171 cm³/mol. The quantitative estimate of drug-likeness (QED) is 0.0929. The number of aromatic amines is 4. The Hall–Kier alpha value is -4.70. The second kappa shape index (κ2) is 9.40. The molecule has 4 N–H and O–H groups in total. The summed E-state index contributed by atoms with van der Waals surface area (Å²) in [6.45, 7) is 17.8. The predicted octanol–water partition coefficient (Wildman–Crippen LogP) is 7.92. The van der Waals surface area contributed by atoms with Crippen LogP contribution in [-0.2, 0) is 21.7 Å². The van der Waals surface area contributed by atoms with Gasteiger partial charge in [-0.1, -0.05) is 11.8 Å². The number of rotatable bonds is 1. The molecule has 5 heterocycles. The minimum atomic E-state index is -0.428. The van der Waals surface area contributed by atoms with Gasteiger partial charge in [-0.15, -0.1) is 0 Å². The largest absolute Gasteiger partial charge is 0.361 e. The summed E-state index contributed by atoms with van der Waals surface area (Å²) in [4.78, 5) is 25.8. The molecule has 43 heavy (non-hydrogen) atoms. The Morgan fingerprint density at radius 3 is 1.35 bits per heavy atom. The maximum Gasteiger partial charge on any atom is 0.269 e. The van der Waals surface area contributed by atoms with Crippen LogP contribution in [-0.4, -0.2) is 24.9 Å². The van der Waals surface area contributed by atoms with Gasteiger partial charge < -0.3 is 19.9 Å². The van der Waals surface area contributed by atoms with Gasteiger partial charge in [0.05, 0.1) is 4.92 Å². The van der Waals surface area contributed by atoms with Gasteiger partial charge >= 0.3 is 0 Å². The zero-order valence-electron chi connectivity index (χ0n) is 26.1. The van der Waals surface area contributed by atoms with Crippen molar-refractivity contribution >= 4 is 5.69 Å². The molecule has 7 nitrogen and oxygen atoms in total. The average Bonchev–Trinajstić information content (AvgIpc) is 3.77. The van der Waals surface area contributed by atoms with E-state index < -0.39 is 10.3 Å². The molecular formula is C36H39N5O2. The summed E-state index contributed by atoms with van der Waals surface area (Å²) in [5, 5.41) is 11.1. The molecule has 0 saturated carbocycles. The lowest BCUT2D eigenvalue weighted by Crippen LogP contribution is -2.26. The Kier molecular flexibility index (Phi) is 6.21. The van der Waals surface area contributed by atoms with Crippen LogP contribution in [0.5, 0.6) is 0 Å². The van der Waals surface area contributed by atoms with Crippen molar-refractivity contribution in [1.29, 1.82) is 0 Å². The number of fused-ring (bicyclic) bond motifs is 8. The average molecular weight is 574 g/mol. The lowest BCUT2D eigenvalue weighted by molar-refractivity contribution is -0.384. The van der Waals surface area contributed by atoms with Gasteiger partial charge in [-0.05, 0) is 110 Å². The highest BCUT2D eigenvalue weighted by Gasteiger charge is 2.37. The van der Waals surface area contributed by atoms with E-state index in [0.29, 0.717) is 0 Å². The number of nitrogens with zero attached hydrogens (tertiary/aromatic N) is 1. The molecule has 8 bridgehead atoms. The highest BCUT2D eigenvalue weighted by Crippen LogP contribution is 2.41. The zero-order valence-corrected chi connectivity index (χ0v) is 26.1. The number of aromatic nitrogens is 4. The number of hydrogen-bond donors (Lipinski definition) is 4. The van der Waals surface area contributed by atoms with Crippen LogP contribution in [0.25, 0.3) is 0 Å². The monoisotopic (exact) mass is 573 g/mol. The molecule has 220 valence electrons. The Bertz CT molecular complexity index is 1910. The molecule has 0 unspecified atom stereocenters. The van der Waals surface area contributed by atoms with Crippen LogP contribution in [0.3, 0.4) is 0 Å². The number of nitro benzene ring substituents is 1. The number of H-pyrrole nitrogens is 4. The Labute approximate surface area is 252 Å². The second-order valence-corrected chi connectivity index (χ2v) is 13.9. The first kappa shape index (κ1) is 28.4. The molecular weight excluding hydrogens is 534 g/mol. The van der Waals surface area contributed by atoms with Gasteiger partial charge in [0, 0.05) is 90.5 Å². The molecule has 4 aromatic heterocycles. The van der Waals surface area contributed by atoms with E-state index in [9.17, 15) is 10.1 Å². The lowest BCUT2D eigenvalue weighted by atomic mass is 9.83. The third-order valence-electron chi connectivity index (χ3n) is 9.63. The van der Waals surface area contributed by atoms with Crippen molar-refractivity contribution in [2.45, 2.75) is 77.0 Å². The van der Waals surface area contributed by atoms with E-state index in [-0.39, 0.29) is 21.9 Å². The van der Waals surface area contributed by atoms with Crippen molar-refractivity contribution in [3.63, 3.8) is 0 Å². The minimum absolute atomic E-state index is 0.0523. The molecule has 5 aromatic rings. The van der Waals surface area contributed by atoms with Crippen LogP contribution in [0.4, 0.5) is 5.69 Å². The summed E-state index contributed by atoms with van der Waals surface area (Å²) in [6, 6.07) is 21.7. The Balaban J connectivity index is 1.56. The van der Waals surface area contributed by atoms with Crippen LogP contribution < -0.4 is 0 Å². The fourth-order valence-corrected chi connectivity index (χ4v) is 6.13. The molecule has 0 amide bonds. The summed E-state index contributed by atoms with van der Waals surface area (Å²) in [5.74, 6) is 6.66. The van der Waals surface area contributed by atoms with Crippen molar-refractivity contribution in [3.8, 4) is 11.8 Å². The highest BCUT2D eigenvalue weighted by atomic mass is 16.6. The fraction of sp³-hybridized carbons (Fsp3) is 0.333. The number of nitro groups is 1. The van der Waals surface area contributed by atoms with Crippen molar-refractivity contribution in [1.82, 2.24) is 19.9 Å². The third-order valence-corrected chi connectivity index (χ3v) is 9.63. The molecule has 0 saturated heterocycles. The van der Waals surface area contributed by atoms with Gasteiger partial charge in [-0.3, -0.25) is 10.1 Å². The number of benzene rings is 1. The molecule has 0 spiro atoms. The SMILES string of the molecule is CC1(C)c2ccc([nH]2)C(C)(C)c2ccc([nH]2)C(C)(C)c2[nH]c(cc2C#Cc2ccc([N+](=O)[O-])cc2)C(C)(C)c2ccc1[nH]2. The van der Waals surface area contributed by atoms with E-state index in [1.165, 1.54) is 12.1 Å². The third kappa shape index (κ3) is 4.53. The maximum atomic E-state index is 11.1. The maximum absolute atomic E-state index is 11.1. The van der Waals surface area contributed by atoms with E-state index in [4.69, 9.17) is 0 Å². The van der Waals surface area contributed by atoms with E-state index in [1.54, 1.807) is 12.1 Å². The van der Waals surface area contributed by atoms with Gasteiger partial charge in [0.25, 0.3) is 5.69 Å². The van der Waals surface area contributed by atoms with E-state index in [0.717, 1.165) is 56.7 Å². The Morgan fingerprint density at radius 1 is 0.535 bits per heavy atom. The van der Waals surface area contributed by atoms with Crippen LogP contribution in [0.15, 0.2) is 66.7 Å². The highest BCUT2D eigenvalue weighted by molar-refractivity contribution is 5.53. The van der Waals surface area contributed by atoms with Crippen LogP contribution in [0, 0.1) is 22.0 Å². The van der Waals surface area contributed by atoms with Crippen molar-refractivity contribution in [2.75, 3.05) is 0 Å². The summed E-state index contributed by atoms with van der Waals surface area (Å²) >= 11 is 0. The minimum Gasteiger partial charge on any atom is -0.361 e. The van der Waals surface area contributed by atoms with Crippen molar-refractivity contribution < 1.29 is 4.92 Å². The first-order valence-corrected chi connectivity index (χ1v) is 14.7. The van der Waals surface area contributed by atoms with Crippen LogP contribution in [0.1, 0.15) is 112 Å². The molecule has 1 aliphatic rings. The molecule has 7 heteroatoms. The smallest absolute Gasteiger partial charge is 0.269 e. The lowest BCUT2D eigenvalue weighted by Gasteiger charge is -2.28. The van der Waals surface area contributed by atoms with Gasteiger partial charge in [0.1, 0.15) is 0 Å². The first-order valence-electron chi connectivity index (χ1n) is 14.7. The molecule has 0 fully saturated rings. The van der Waals surface area contributed by atoms with Crippen molar-refractivity contribution in [3.05, 3.63) is 134 Å². The summed E-state index contributed by atoms with van der Waals surface area (Å²) in [6.07, 6.45) is 0. The standard InChI is InChI=1S/C36H39N5O2/c1-33(2)25-15-16-26(37-25)34(3,4)28-19-20-30(39-28)36(7,8)32-23(12-9-22-10-13-24(14-11-22)41(42)43)21-31(40-32)35(5,6)29-18-17-27(33)38-29/h10-11,13-21,37-40H,1-8H3. The summed E-state index contributed by atoms with van der Waals surface area (Å²) in [5.41, 5.74) is 9.17. The topological polar surface area (TPSA) is 106 Å². The molecule has 0 aliphatic carbocycles. The molecule has 0 radical (unpaired) electrons. The van der Waals surface area contributed by atoms with Gasteiger partial charge in [-0.2, -0.15) is 0 Å². The second-order valence-electron chi connectivity index (χ2n) is 13.9. The van der Waals surface area contributed by atoms with E-state index >= 15 is 0 Å². The summed E-state index contributed by atoms with van der Waals surface area (Å²) < 4.78 is 0. The van der Waals surface area contributed by atoms with Crippen molar-refractivity contribution in [2.24, 2.45) is 0 Å². The molecule has 1 aliphatic heterocycles. The van der Waals surface area contributed by atoms with Crippen LogP contribution in [0.2, 0.25) is 0 Å². The van der Waals surface area contributed by atoms with Gasteiger partial charge in [-0.25, -0.2) is 0 Å². The van der Waals surface area contributed by atoms with E-state index in [2.05, 4.69) is 130 Å². The number of non-ortho nitro benzene ring substituents is 1. The summed E-state index contributed by atoms with van der Waals surface area (Å²) in [7, 11) is 0. The molecule has 0 atom stereocenters. The first-order chi connectivity index (χ1) is 20.1.